The highest BCUT2D eigenvalue weighted by Crippen LogP contribution is 2.22. The second-order valence-electron chi connectivity index (χ2n) is 6.80. The molecule has 0 saturated heterocycles. The number of fused-ring (bicyclic) bond motifs is 1. The maximum absolute atomic E-state index is 13.4. The predicted molar refractivity (Wildman–Crippen MR) is 119 cm³/mol. The lowest BCUT2D eigenvalue weighted by Gasteiger charge is -2.13. The number of halogens is 1. The lowest BCUT2D eigenvalue weighted by molar-refractivity contribution is -0.113. The highest BCUT2D eigenvalue weighted by atomic mass is 32.2. The van der Waals surface area contributed by atoms with Crippen molar-refractivity contribution in [2.24, 2.45) is 0 Å². The molecular weight excluding hydrogens is 417 g/mol. The van der Waals surface area contributed by atoms with Crippen molar-refractivity contribution in [1.82, 2.24) is 19.3 Å². The lowest BCUT2D eigenvalue weighted by Crippen LogP contribution is -2.23. The number of carbonyl (C=O) groups is 1. The quantitative estimate of drug-likeness (QED) is 0.351. The molecule has 4 rings (SSSR count). The molecule has 0 aliphatic rings. The van der Waals surface area contributed by atoms with Gasteiger partial charge < -0.3 is 5.32 Å². The molecule has 1 N–H and O–H groups in total. The first-order chi connectivity index (χ1) is 15.1. The number of benzene rings is 2. The van der Waals surface area contributed by atoms with Gasteiger partial charge in [0.25, 0.3) is 5.56 Å². The fourth-order valence-corrected chi connectivity index (χ4v) is 3.98. The van der Waals surface area contributed by atoms with Gasteiger partial charge in [-0.1, -0.05) is 30.8 Å². The van der Waals surface area contributed by atoms with Crippen LogP contribution in [0.2, 0.25) is 0 Å². The van der Waals surface area contributed by atoms with Gasteiger partial charge >= 0.3 is 0 Å². The predicted octanol–water partition coefficient (Wildman–Crippen LogP) is 3.86. The van der Waals surface area contributed by atoms with E-state index in [2.05, 4.69) is 15.4 Å². The molecule has 0 aliphatic carbocycles. The minimum absolute atomic E-state index is 0.0449. The van der Waals surface area contributed by atoms with Crippen LogP contribution in [0.1, 0.15) is 13.3 Å². The van der Waals surface area contributed by atoms with Gasteiger partial charge in [-0.2, -0.15) is 5.10 Å². The molecular formula is C22H20FN5O2S. The average Bonchev–Trinajstić information content (AvgIpc) is 3.20. The van der Waals surface area contributed by atoms with Crippen LogP contribution in [0.25, 0.3) is 16.6 Å². The minimum atomic E-state index is -0.400. The third-order valence-electron chi connectivity index (χ3n) is 4.58. The molecule has 0 fully saturated rings. The van der Waals surface area contributed by atoms with Gasteiger partial charge in [0, 0.05) is 12.6 Å². The molecule has 9 heteroatoms. The molecule has 0 unspecified atom stereocenters. The fourth-order valence-electron chi connectivity index (χ4n) is 3.16. The highest BCUT2D eigenvalue weighted by molar-refractivity contribution is 7.99. The first-order valence-electron chi connectivity index (χ1n) is 9.79. The summed E-state index contributed by atoms with van der Waals surface area (Å²) in [4.78, 5) is 30.3. The van der Waals surface area contributed by atoms with Gasteiger partial charge in [0.1, 0.15) is 11.6 Å². The van der Waals surface area contributed by atoms with E-state index in [4.69, 9.17) is 0 Å². The maximum Gasteiger partial charge on any atom is 0.266 e. The first-order valence-corrected chi connectivity index (χ1v) is 10.8. The van der Waals surface area contributed by atoms with Crippen LogP contribution in [0.4, 0.5) is 10.2 Å². The number of hydrogen-bond donors (Lipinski definition) is 1. The molecule has 4 aromatic rings. The third kappa shape index (κ3) is 4.51. The lowest BCUT2D eigenvalue weighted by atomic mass is 10.2. The van der Waals surface area contributed by atoms with Crippen molar-refractivity contribution in [3.05, 3.63) is 77.0 Å². The molecule has 0 spiro atoms. The zero-order chi connectivity index (χ0) is 21.8. The van der Waals surface area contributed by atoms with E-state index in [9.17, 15) is 14.0 Å². The SMILES string of the molecule is CCCn1nccc1NC(=O)CSc1nc2ccccc2c(=O)n1-c1ccc(F)cc1. The molecule has 2 aromatic carbocycles. The van der Waals surface area contributed by atoms with Crippen LogP contribution in [-0.2, 0) is 11.3 Å². The van der Waals surface area contributed by atoms with Gasteiger partial charge in [0.15, 0.2) is 5.16 Å². The summed E-state index contributed by atoms with van der Waals surface area (Å²) in [5.41, 5.74) is 0.740. The maximum atomic E-state index is 13.4. The Morgan fingerprint density at radius 3 is 2.68 bits per heavy atom. The van der Waals surface area contributed by atoms with E-state index in [1.54, 1.807) is 41.2 Å². The van der Waals surface area contributed by atoms with E-state index in [-0.39, 0.29) is 17.2 Å². The van der Waals surface area contributed by atoms with Crippen LogP contribution in [0, 0.1) is 5.82 Å². The molecule has 2 aromatic heterocycles. The Morgan fingerprint density at radius 1 is 1.13 bits per heavy atom. The Labute approximate surface area is 181 Å². The average molecular weight is 438 g/mol. The number of aromatic nitrogens is 4. The van der Waals surface area contributed by atoms with E-state index in [1.807, 2.05) is 6.92 Å². The Bertz CT molecular complexity index is 1280. The minimum Gasteiger partial charge on any atom is -0.310 e. The van der Waals surface area contributed by atoms with Crippen molar-refractivity contribution < 1.29 is 9.18 Å². The molecule has 0 bridgehead atoms. The summed E-state index contributed by atoms with van der Waals surface area (Å²) in [5.74, 6) is 0.0251. The number of amides is 1. The van der Waals surface area contributed by atoms with E-state index >= 15 is 0 Å². The summed E-state index contributed by atoms with van der Waals surface area (Å²) < 4.78 is 16.5. The fraction of sp³-hybridized carbons (Fsp3) is 0.182. The standard InChI is InChI=1S/C22H20FN5O2S/c1-2-13-27-19(11-12-24-27)26-20(29)14-31-22-25-18-6-4-3-5-17(18)21(30)28(22)16-9-7-15(23)8-10-16/h3-12H,2,13-14H2,1H3,(H,26,29). The molecule has 158 valence electrons. The largest absolute Gasteiger partial charge is 0.310 e. The molecule has 2 heterocycles. The molecule has 0 atom stereocenters. The van der Waals surface area contributed by atoms with Gasteiger partial charge in [-0.15, -0.1) is 0 Å². The van der Waals surface area contributed by atoms with Crippen LogP contribution in [0.5, 0.6) is 0 Å². The third-order valence-corrected chi connectivity index (χ3v) is 5.52. The molecule has 31 heavy (non-hydrogen) atoms. The van der Waals surface area contributed by atoms with Crippen molar-refractivity contribution in [3.8, 4) is 5.69 Å². The van der Waals surface area contributed by atoms with Gasteiger partial charge in [-0.05, 0) is 42.8 Å². The Kier molecular flexibility index (Phi) is 6.13. The molecule has 7 nitrogen and oxygen atoms in total. The normalized spacial score (nSPS) is 11.0. The summed E-state index contributed by atoms with van der Waals surface area (Å²) in [7, 11) is 0. The molecule has 0 aliphatic heterocycles. The number of hydrogen-bond acceptors (Lipinski definition) is 5. The number of thioether (sulfide) groups is 1. The van der Waals surface area contributed by atoms with Crippen molar-refractivity contribution in [2.45, 2.75) is 25.0 Å². The second kappa shape index (κ2) is 9.13. The smallest absolute Gasteiger partial charge is 0.266 e. The van der Waals surface area contributed by atoms with E-state index in [1.165, 1.54) is 28.8 Å². The number of aryl methyl sites for hydroxylation is 1. The van der Waals surface area contributed by atoms with Crippen molar-refractivity contribution in [1.29, 1.82) is 0 Å². The number of carbonyl (C=O) groups excluding carboxylic acids is 1. The van der Waals surface area contributed by atoms with E-state index in [0.717, 1.165) is 18.2 Å². The number of nitrogens with one attached hydrogen (secondary N) is 1. The summed E-state index contributed by atoms with van der Waals surface area (Å²) in [6, 6.07) is 14.3. The van der Waals surface area contributed by atoms with E-state index < -0.39 is 5.82 Å². The van der Waals surface area contributed by atoms with Gasteiger partial charge in [-0.3, -0.25) is 14.2 Å². The molecule has 0 saturated carbocycles. The number of anilines is 1. The Morgan fingerprint density at radius 2 is 1.90 bits per heavy atom. The van der Waals surface area contributed by atoms with Gasteiger partial charge in [-0.25, -0.2) is 14.1 Å². The van der Waals surface area contributed by atoms with Crippen molar-refractivity contribution in [3.63, 3.8) is 0 Å². The summed E-state index contributed by atoms with van der Waals surface area (Å²) in [6.45, 7) is 2.73. The van der Waals surface area contributed by atoms with Crippen molar-refractivity contribution >= 4 is 34.4 Å². The summed E-state index contributed by atoms with van der Waals surface area (Å²) in [5, 5.41) is 7.83. The Balaban J connectivity index is 1.64. The van der Waals surface area contributed by atoms with Crippen LogP contribution < -0.4 is 10.9 Å². The number of rotatable bonds is 7. The summed E-state index contributed by atoms with van der Waals surface area (Å²) >= 11 is 1.14. The first kappa shape index (κ1) is 20.8. The number of para-hydroxylation sites is 1. The Hall–Kier alpha value is -3.46. The van der Waals surface area contributed by atoms with Gasteiger partial charge in [0.2, 0.25) is 5.91 Å². The number of nitrogens with zero attached hydrogens (tertiary/aromatic N) is 4. The summed E-state index contributed by atoms with van der Waals surface area (Å²) in [6.07, 6.45) is 2.53. The molecule has 1 amide bonds. The zero-order valence-corrected chi connectivity index (χ0v) is 17.6. The van der Waals surface area contributed by atoms with Crippen LogP contribution in [0.3, 0.4) is 0 Å². The second-order valence-corrected chi connectivity index (χ2v) is 7.75. The van der Waals surface area contributed by atoms with Crippen LogP contribution in [0.15, 0.2) is 70.7 Å². The van der Waals surface area contributed by atoms with Crippen molar-refractivity contribution in [2.75, 3.05) is 11.1 Å². The monoisotopic (exact) mass is 437 g/mol. The molecule has 0 radical (unpaired) electrons. The highest BCUT2D eigenvalue weighted by Gasteiger charge is 2.15. The zero-order valence-electron chi connectivity index (χ0n) is 16.8. The van der Waals surface area contributed by atoms with E-state index in [0.29, 0.717) is 34.1 Å². The van der Waals surface area contributed by atoms with Crippen LogP contribution in [-0.4, -0.2) is 31.0 Å². The van der Waals surface area contributed by atoms with Gasteiger partial charge in [0.05, 0.1) is 28.5 Å². The topological polar surface area (TPSA) is 81.8 Å². The van der Waals surface area contributed by atoms with Crippen LogP contribution >= 0.6 is 11.8 Å².